The third-order valence-corrected chi connectivity index (χ3v) is 3.38. The average molecular weight is 298 g/mol. The zero-order valence-corrected chi connectivity index (χ0v) is 11.4. The van der Waals surface area contributed by atoms with E-state index < -0.39 is 17.5 Å². The van der Waals surface area contributed by atoms with Gasteiger partial charge in [-0.05, 0) is 30.1 Å². The first-order valence-electron chi connectivity index (χ1n) is 5.90. The summed E-state index contributed by atoms with van der Waals surface area (Å²) < 4.78 is 30.5. The number of aromatic nitrogens is 2. The van der Waals surface area contributed by atoms with Crippen LogP contribution < -0.4 is 11.1 Å². The number of aryl methyl sites for hydroxylation is 1. The molecule has 0 atom stereocenters. The maximum absolute atomic E-state index is 13.6. The van der Waals surface area contributed by atoms with Crippen molar-refractivity contribution in [1.82, 2.24) is 9.59 Å². The van der Waals surface area contributed by atoms with Gasteiger partial charge in [0.15, 0.2) is 11.6 Å². The highest BCUT2D eigenvalue weighted by Gasteiger charge is 2.20. The highest BCUT2D eigenvalue weighted by Crippen LogP contribution is 2.26. The van der Waals surface area contributed by atoms with E-state index in [1.54, 1.807) is 0 Å². The van der Waals surface area contributed by atoms with E-state index in [1.165, 1.54) is 6.07 Å². The fourth-order valence-electron chi connectivity index (χ4n) is 1.64. The molecular weight excluding hydrogens is 286 g/mol. The molecule has 0 saturated heterocycles. The van der Waals surface area contributed by atoms with Gasteiger partial charge in [-0.25, -0.2) is 8.78 Å². The molecule has 1 aromatic carbocycles. The zero-order valence-electron chi connectivity index (χ0n) is 10.6. The summed E-state index contributed by atoms with van der Waals surface area (Å²) in [5.74, 6) is -2.86. The summed E-state index contributed by atoms with van der Waals surface area (Å²) in [4.78, 5) is 12.3. The number of nitrogens with zero attached hydrogens (tertiary/aromatic N) is 2. The number of hydrogen-bond donors (Lipinski definition) is 2. The van der Waals surface area contributed by atoms with Crippen molar-refractivity contribution in [3.05, 3.63) is 34.3 Å². The van der Waals surface area contributed by atoms with E-state index in [1.807, 2.05) is 6.92 Å². The van der Waals surface area contributed by atoms with Crippen LogP contribution in [0.2, 0.25) is 0 Å². The number of rotatable bonds is 4. The number of nitrogen functional groups attached to an aromatic ring is 1. The number of nitrogens with one attached hydrogen (secondary N) is 1. The molecule has 0 radical (unpaired) electrons. The van der Waals surface area contributed by atoms with Crippen molar-refractivity contribution in [3.8, 4) is 0 Å². The van der Waals surface area contributed by atoms with Gasteiger partial charge >= 0.3 is 0 Å². The molecule has 2 aromatic rings. The van der Waals surface area contributed by atoms with Crippen LogP contribution in [0.4, 0.5) is 20.2 Å². The molecule has 0 saturated carbocycles. The molecule has 8 heteroatoms. The maximum atomic E-state index is 13.6. The van der Waals surface area contributed by atoms with Crippen molar-refractivity contribution in [1.29, 1.82) is 0 Å². The van der Waals surface area contributed by atoms with Crippen LogP contribution in [-0.2, 0) is 6.42 Å². The van der Waals surface area contributed by atoms with Gasteiger partial charge in [0.2, 0.25) is 0 Å². The molecule has 3 N–H and O–H groups in total. The summed E-state index contributed by atoms with van der Waals surface area (Å²) in [7, 11) is 0. The number of amides is 1. The molecule has 106 valence electrons. The Morgan fingerprint density at radius 1 is 1.45 bits per heavy atom. The Bertz CT molecular complexity index is 644. The first-order chi connectivity index (χ1) is 9.54. The number of nitrogens with two attached hydrogens (primary N) is 1. The summed E-state index contributed by atoms with van der Waals surface area (Å²) in [6, 6.07) is 2.09. The van der Waals surface area contributed by atoms with E-state index >= 15 is 0 Å². The number of benzene rings is 1. The van der Waals surface area contributed by atoms with Gasteiger partial charge in [-0.1, -0.05) is 17.8 Å². The number of hydrogen-bond acceptors (Lipinski definition) is 5. The Labute approximate surface area is 118 Å². The second kappa shape index (κ2) is 5.91. The van der Waals surface area contributed by atoms with E-state index in [4.69, 9.17) is 5.73 Å². The minimum Gasteiger partial charge on any atom is -0.397 e. The Balaban J connectivity index is 2.28. The summed E-state index contributed by atoms with van der Waals surface area (Å²) in [5.41, 5.74) is 5.65. The first kappa shape index (κ1) is 14.3. The molecule has 0 aliphatic heterocycles. The van der Waals surface area contributed by atoms with Crippen molar-refractivity contribution in [2.24, 2.45) is 0 Å². The van der Waals surface area contributed by atoms with Crippen molar-refractivity contribution >= 4 is 28.8 Å². The van der Waals surface area contributed by atoms with E-state index in [0.717, 1.165) is 24.0 Å². The predicted octanol–water partition coefficient (Wildman–Crippen LogP) is 2.60. The molecule has 0 aliphatic rings. The Hall–Kier alpha value is -2.09. The monoisotopic (exact) mass is 298 g/mol. The van der Waals surface area contributed by atoms with E-state index in [9.17, 15) is 13.6 Å². The van der Waals surface area contributed by atoms with Gasteiger partial charge < -0.3 is 11.1 Å². The highest BCUT2D eigenvalue weighted by atomic mass is 32.1. The smallest absolute Gasteiger partial charge is 0.269 e. The van der Waals surface area contributed by atoms with E-state index in [-0.39, 0.29) is 16.3 Å². The Morgan fingerprint density at radius 2 is 2.20 bits per heavy atom. The van der Waals surface area contributed by atoms with Crippen molar-refractivity contribution in [3.63, 3.8) is 0 Å². The lowest BCUT2D eigenvalue weighted by atomic mass is 10.2. The molecule has 0 aliphatic carbocycles. The molecule has 5 nitrogen and oxygen atoms in total. The van der Waals surface area contributed by atoms with Gasteiger partial charge in [0.25, 0.3) is 5.91 Å². The van der Waals surface area contributed by atoms with Gasteiger partial charge in [-0.15, -0.1) is 5.10 Å². The van der Waals surface area contributed by atoms with Gasteiger partial charge in [-0.2, -0.15) is 0 Å². The van der Waals surface area contributed by atoms with Gasteiger partial charge in [0, 0.05) is 0 Å². The van der Waals surface area contributed by atoms with E-state index in [2.05, 4.69) is 14.9 Å². The topological polar surface area (TPSA) is 80.9 Å². The molecular formula is C12H12F2N4OS. The Morgan fingerprint density at radius 3 is 2.90 bits per heavy atom. The molecule has 1 amide bonds. The highest BCUT2D eigenvalue weighted by molar-refractivity contribution is 7.08. The van der Waals surface area contributed by atoms with Crippen molar-refractivity contribution in [2.45, 2.75) is 19.8 Å². The number of halogens is 2. The molecule has 1 aromatic heterocycles. The van der Waals surface area contributed by atoms with Crippen LogP contribution in [0, 0.1) is 11.6 Å². The van der Waals surface area contributed by atoms with Crippen LogP contribution in [0.1, 0.15) is 28.7 Å². The van der Waals surface area contributed by atoms with Crippen LogP contribution in [0.3, 0.4) is 0 Å². The number of carbonyl (C=O) groups is 1. The van der Waals surface area contributed by atoms with Crippen LogP contribution >= 0.6 is 11.5 Å². The van der Waals surface area contributed by atoms with Gasteiger partial charge in [0.1, 0.15) is 10.6 Å². The second-order valence-electron chi connectivity index (χ2n) is 4.08. The van der Waals surface area contributed by atoms with Crippen LogP contribution in [0.15, 0.2) is 12.1 Å². The Kier molecular flexibility index (Phi) is 4.23. The van der Waals surface area contributed by atoms with Crippen LogP contribution in [0.25, 0.3) is 0 Å². The summed E-state index contributed by atoms with van der Waals surface area (Å²) in [6.45, 7) is 1.94. The van der Waals surface area contributed by atoms with Crippen molar-refractivity contribution in [2.75, 3.05) is 11.1 Å². The maximum Gasteiger partial charge on any atom is 0.269 e. The molecule has 0 unspecified atom stereocenters. The lowest BCUT2D eigenvalue weighted by Crippen LogP contribution is -2.15. The molecule has 0 spiro atoms. The van der Waals surface area contributed by atoms with E-state index in [0.29, 0.717) is 12.1 Å². The summed E-state index contributed by atoms with van der Waals surface area (Å²) >= 11 is 0.903. The second-order valence-corrected chi connectivity index (χ2v) is 4.83. The lowest BCUT2D eigenvalue weighted by Gasteiger charge is -2.09. The molecule has 0 bridgehead atoms. The zero-order chi connectivity index (χ0) is 14.7. The molecule has 0 fully saturated rings. The molecule has 1 heterocycles. The SMILES string of the molecule is CCCc1nnsc1C(=O)Nc1c(N)ccc(F)c1F. The minimum atomic E-state index is -1.19. The standard InChI is InChI=1S/C12H12F2N4OS/c1-2-3-8-11(20-18-17-8)12(19)16-10-7(15)5-4-6(13)9(10)14/h4-5H,2-3,15H2,1H3,(H,16,19). The summed E-state index contributed by atoms with van der Waals surface area (Å²) in [5, 5.41) is 6.11. The van der Waals surface area contributed by atoms with Gasteiger partial charge in [0.05, 0.1) is 11.4 Å². The number of anilines is 2. The first-order valence-corrected chi connectivity index (χ1v) is 6.68. The van der Waals surface area contributed by atoms with Crippen LogP contribution in [-0.4, -0.2) is 15.5 Å². The molecule has 20 heavy (non-hydrogen) atoms. The molecule has 2 rings (SSSR count). The quantitative estimate of drug-likeness (QED) is 0.850. The lowest BCUT2D eigenvalue weighted by molar-refractivity contribution is 0.102. The third kappa shape index (κ3) is 2.74. The normalized spacial score (nSPS) is 10.6. The largest absolute Gasteiger partial charge is 0.397 e. The fraction of sp³-hybridized carbons (Fsp3) is 0.250. The number of carbonyl (C=O) groups excluding carboxylic acids is 1. The third-order valence-electron chi connectivity index (χ3n) is 2.61. The van der Waals surface area contributed by atoms with Crippen LogP contribution in [0.5, 0.6) is 0 Å². The predicted molar refractivity (Wildman–Crippen MR) is 72.6 cm³/mol. The summed E-state index contributed by atoms with van der Waals surface area (Å²) in [6.07, 6.45) is 1.38. The van der Waals surface area contributed by atoms with Gasteiger partial charge in [-0.3, -0.25) is 4.79 Å². The minimum absolute atomic E-state index is 0.0493. The average Bonchev–Trinajstić information content (AvgIpc) is 2.88. The fourth-order valence-corrected chi connectivity index (χ4v) is 2.25. The van der Waals surface area contributed by atoms with Crippen molar-refractivity contribution < 1.29 is 13.6 Å².